The number of aromatic nitrogens is 2. The molecule has 4 nitrogen and oxygen atoms in total. The average Bonchev–Trinajstić information content (AvgIpc) is 3.49. The van der Waals surface area contributed by atoms with Crippen molar-refractivity contribution in [2.24, 2.45) is 5.41 Å². The molecule has 2 saturated heterocycles. The van der Waals surface area contributed by atoms with Gasteiger partial charge in [-0.3, -0.25) is 4.90 Å². The van der Waals surface area contributed by atoms with E-state index in [0.717, 1.165) is 12.6 Å². The number of hydrogen-bond donors (Lipinski definition) is 0. The van der Waals surface area contributed by atoms with Crippen molar-refractivity contribution in [2.75, 3.05) is 32.7 Å². The van der Waals surface area contributed by atoms with Crippen LogP contribution < -0.4 is 0 Å². The molecule has 5 rings (SSSR count). The summed E-state index contributed by atoms with van der Waals surface area (Å²) in [4.78, 5) is 9.80. The van der Waals surface area contributed by atoms with E-state index in [-0.39, 0.29) is 0 Å². The van der Waals surface area contributed by atoms with Crippen LogP contribution in [0.15, 0.2) is 42.9 Å². The largest absolute Gasteiger partial charge is 0.330 e. The number of likely N-dealkylation sites (N-methyl/N-ethyl adjacent to an activating group) is 1. The summed E-state index contributed by atoms with van der Waals surface area (Å²) in [7, 11) is 0. The first kappa shape index (κ1) is 18.4. The molecule has 1 aromatic carbocycles. The number of imidazole rings is 1. The average molecular weight is 379 g/mol. The molecule has 2 aliphatic heterocycles. The topological polar surface area (TPSA) is 24.3 Å². The molecule has 0 N–H and O–H groups in total. The lowest BCUT2D eigenvalue weighted by molar-refractivity contribution is 0.0132. The highest BCUT2D eigenvalue weighted by Gasteiger charge is 2.42. The first-order valence-electron chi connectivity index (χ1n) is 11.2. The summed E-state index contributed by atoms with van der Waals surface area (Å²) < 4.78 is 2.43. The SMILES string of the molecule is CCN1C[C@H](c2ccccc2)CC2(CCN(Cc3cncn3C3CC3)CC2)C1. The van der Waals surface area contributed by atoms with E-state index in [2.05, 4.69) is 62.8 Å². The van der Waals surface area contributed by atoms with Crippen LogP contribution in [-0.4, -0.2) is 52.1 Å². The lowest BCUT2D eigenvalue weighted by Gasteiger charge is -2.50. The number of rotatable bonds is 5. The Labute approximate surface area is 169 Å². The Morgan fingerprint density at radius 1 is 1.07 bits per heavy atom. The Morgan fingerprint density at radius 3 is 2.57 bits per heavy atom. The van der Waals surface area contributed by atoms with Crippen LogP contribution in [0.5, 0.6) is 0 Å². The number of hydrogen-bond acceptors (Lipinski definition) is 3. The Hall–Kier alpha value is -1.65. The van der Waals surface area contributed by atoms with Crippen molar-refractivity contribution < 1.29 is 0 Å². The van der Waals surface area contributed by atoms with Crippen LogP contribution in [0.3, 0.4) is 0 Å². The maximum absolute atomic E-state index is 4.43. The summed E-state index contributed by atoms with van der Waals surface area (Å²) in [6.45, 7) is 9.56. The van der Waals surface area contributed by atoms with Crippen LogP contribution in [0.1, 0.15) is 62.2 Å². The van der Waals surface area contributed by atoms with Gasteiger partial charge in [0, 0.05) is 31.9 Å². The van der Waals surface area contributed by atoms with Gasteiger partial charge in [0.05, 0.1) is 12.0 Å². The van der Waals surface area contributed by atoms with Crippen molar-refractivity contribution in [3.8, 4) is 0 Å². The van der Waals surface area contributed by atoms with Crippen LogP contribution in [0.2, 0.25) is 0 Å². The van der Waals surface area contributed by atoms with E-state index in [1.807, 2.05) is 6.33 Å². The minimum atomic E-state index is 0.502. The highest BCUT2D eigenvalue weighted by molar-refractivity contribution is 5.21. The monoisotopic (exact) mass is 378 g/mol. The van der Waals surface area contributed by atoms with E-state index < -0.39 is 0 Å². The van der Waals surface area contributed by atoms with Gasteiger partial charge in [0.2, 0.25) is 0 Å². The van der Waals surface area contributed by atoms with Gasteiger partial charge in [-0.2, -0.15) is 0 Å². The van der Waals surface area contributed by atoms with Gasteiger partial charge in [-0.15, -0.1) is 0 Å². The number of likely N-dealkylation sites (tertiary alicyclic amines) is 2. The third kappa shape index (κ3) is 3.77. The third-order valence-corrected chi connectivity index (χ3v) is 7.42. The molecule has 1 atom stereocenters. The molecule has 1 spiro atoms. The zero-order valence-corrected chi connectivity index (χ0v) is 17.3. The summed E-state index contributed by atoms with van der Waals surface area (Å²) in [5.74, 6) is 0.692. The maximum atomic E-state index is 4.43. The van der Waals surface area contributed by atoms with E-state index in [0.29, 0.717) is 11.3 Å². The number of benzene rings is 1. The number of nitrogens with zero attached hydrogens (tertiary/aromatic N) is 4. The molecule has 2 aromatic rings. The molecule has 150 valence electrons. The van der Waals surface area contributed by atoms with Crippen molar-refractivity contribution in [3.05, 3.63) is 54.1 Å². The molecule has 3 aliphatic rings. The van der Waals surface area contributed by atoms with Crippen molar-refractivity contribution in [2.45, 2.75) is 57.5 Å². The second-order valence-corrected chi connectivity index (χ2v) is 9.44. The van der Waals surface area contributed by atoms with E-state index in [4.69, 9.17) is 0 Å². The molecule has 1 aliphatic carbocycles. The van der Waals surface area contributed by atoms with Gasteiger partial charge in [-0.25, -0.2) is 4.98 Å². The summed E-state index contributed by atoms with van der Waals surface area (Å²) in [6, 6.07) is 12.0. The normalized spacial score (nSPS) is 26.0. The molecule has 4 heteroatoms. The lowest BCUT2D eigenvalue weighted by atomic mass is 9.68. The predicted molar refractivity (Wildman–Crippen MR) is 113 cm³/mol. The fraction of sp³-hybridized carbons (Fsp3) is 0.625. The molecule has 0 radical (unpaired) electrons. The smallest absolute Gasteiger partial charge is 0.0951 e. The minimum absolute atomic E-state index is 0.502. The molecule has 1 saturated carbocycles. The second kappa shape index (κ2) is 7.64. The molecular formula is C24H34N4. The van der Waals surface area contributed by atoms with Crippen molar-refractivity contribution >= 4 is 0 Å². The van der Waals surface area contributed by atoms with Crippen LogP contribution in [0.25, 0.3) is 0 Å². The molecule has 28 heavy (non-hydrogen) atoms. The van der Waals surface area contributed by atoms with Gasteiger partial charge in [0.15, 0.2) is 0 Å². The molecule has 0 unspecified atom stereocenters. The van der Waals surface area contributed by atoms with Crippen molar-refractivity contribution in [1.29, 1.82) is 0 Å². The van der Waals surface area contributed by atoms with Crippen molar-refractivity contribution in [1.82, 2.24) is 19.4 Å². The van der Waals surface area contributed by atoms with E-state index in [9.17, 15) is 0 Å². The Morgan fingerprint density at radius 2 is 1.86 bits per heavy atom. The number of piperidine rings is 2. The van der Waals surface area contributed by atoms with Gasteiger partial charge < -0.3 is 9.47 Å². The van der Waals surface area contributed by atoms with E-state index in [1.54, 1.807) is 0 Å². The molecule has 3 heterocycles. The summed E-state index contributed by atoms with van der Waals surface area (Å²) in [5.41, 5.74) is 3.46. The quantitative estimate of drug-likeness (QED) is 0.775. The maximum Gasteiger partial charge on any atom is 0.0951 e. The van der Waals surface area contributed by atoms with Gasteiger partial charge in [-0.1, -0.05) is 37.3 Å². The fourth-order valence-electron chi connectivity index (χ4n) is 5.60. The Kier molecular flexibility index (Phi) is 5.02. The fourth-order valence-corrected chi connectivity index (χ4v) is 5.60. The molecule has 0 amide bonds. The van der Waals surface area contributed by atoms with Crippen LogP contribution >= 0.6 is 0 Å². The second-order valence-electron chi connectivity index (χ2n) is 9.44. The van der Waals surface area contributed by atoms with Crippen LogP contribution in [-0.2, 0) is 6.54 Å². The first-order valence-corrected chi connectivity index (χ1v) is 11.2. The summed E-state index contributed by atoms with van der Waals surface area (Å²) in [5, 5.41) is 0. The highest BCUT2D eigenvalue weighted by Crippen LogP contribution is 2.45. The zero-order valence-electron chi connectivity index (χ0n) is 17.3. The van der Waals surface area contributed by atoms with Gasteiger partial charge in [-0.05, 0) is 68.6 Å². The predicted octanol–water partition coefficient (Wildman–Crippen LogP) is 4.31. The molecule has 3 fully saturated rings. The van der Waals surface area contributed by atoms with E-state index in [1.165, 1.54) is 76.1 Å². The lowest BCUT2D eigenvalue weighted by Crippen LogP contribution is -2.51. The third-order valence-electron chi connectivity index (χ3n) is 7.42. The standard InChI is InChI=1S/C24H34N4/c1-2-26-16-21(20-6-4-3-5-7-20)14-24(18-26)10-12-27(13-11-24)17-23-15-25-19-28(23)22-8-9-22/h3-7,15,19,21-22H,2,8-14,16-18H2,1H3/t21-/m1/s1. The van der Waals surface area contributed by atoms with Crippen molar-refractivity contribution in [3.63, 3.8) is 0 Å². The first-order chi connectivity index (χ1) is 13.7. The van der Waals surface area contributed by atoms with Crippen LogP contribution in [0, 0.1) is 5.41 Å². The van der Waals surface area contributed by atoms with Gasteiger partial charge in [0.25, 0.3) is 0 Å². The van der Waals surface area contributed by atoms with Gasteiger partial charge in [0.1, 0.15) is 0 Å². The van der Waals surface area contributed by atoms with Gasteiger partial charge >= 0.3 is 0 Å². The van der Waals surface area contributed by atoms with E-state index >= 15 is 0 Å². The molecule has 0 bridgehead atoms. The molecular weight excluding hydrogens is 344 g/mol. The van der Waals surface area contributed by atoms with Crippen LogP contribution in [0.4, 0.5) is 0 Å². The molecule has 1 aromatic heterocycles. The minimum Gasteiger partial charge on any atom is -0.330 e. The zero-order chi connectivity index (χ0) is 19.0. The summed E-state index contributed by atoms with van der Waals surface area (Å²) in [6.07, 6.45) is 10.8. The Balaban J connectivity index is 1.25. The highest BCUT2D eigenvalue weighted by atomic mass is 15.2. The Bertz CT molecular complexity index is 771. The summed E-state index contributed by atoms with van der Waals surface area (Å²) >= 11 is 0.